The van der Waals surface area contributed by atoms with E-state index in [1.807, 2.05) is 18.2 Å². The molecule has 3 heteroatoms. The Morgan fingerprint density at radius 1 is 1.19 bits per heavy atom. The van der Waals surface area contributed by atoms with Crippen molar-refractivity contribution in [2.45, 2.75) is 58.0 Å². The highest BCUT2D eigenvalue weighted by Gasteiger charge is 2.22. The molecular formula is C18H25NOS. The summed E-state index contributed by atoms with van der Waals surface area (Å²) in [7, 11) is 0. The Bertz CT molecular complexity index is 556. The molecule has 0 aliphatic rings. The van der Waals surface area contributed by atoms with Crippen molar-refractivity contribution in [3.63, 3.8) is 0 Å². The Labute approximate surface area is 131 Å². The highest BCUT2D eigenvalue weighted by molar-refractivity contribution is 7.09. The van der Waals surface area contributed by atoms with Gasteiger partial charge < -0.3 is 5.11 Å². The minimum atomic E-state index is -0.378. The second kappa shape index (κ2) is 6.71. The average molecular weight is 303 g/mol. The number of nitrogens with zero attached hydrogens (tertiary/aromatic N) is 1. The maximum atomic E-state index is 10.6. The van der Waals surface area contributed by atoms with Crippen molar-refractivity contribution in [2.75, 3.05) is 0 Å². The van der Waals surface area contributed by atoms with E-state index in [-0.39, 0.29) is 17.4 Å². The Morgan fingerprint density at radius 2 is 1.86 bits per heavy atom. The molecule has 2 unspecified atom stereocenters. The molecule has 0 spiro atoms. The van der Waals surface area contributed by atoms with Crippen LogP contribution in [0.5, 0.6) is 0 Å². The highest BCUT2D eigenvalue weighted by atomic mass is 32.1. The zero-order valence-corrected chi connectivity index (χ0v) is 14.2. The molecule has 1 aromatic carbocycles. The molecule has 0 saturated carbocycles. The SMILES string of the molecule is CCC(c1ccccc1)C(O)Cc1nc(C(C)(C)C)cs1. The summed E-state index contributed by atoms with van der Waals surface area (Å²) in [5.41, 5.74) is 2.39. The van der Waals surface area contributed by atoms with Crippen LogP contribution in [-0.2, 0) is 11.8 Å². The largest absolute Gasteiger partial charge is 0.392 e. The summed E-state index contributed by atoms with van der Waals surface area (Å²) in [5.74, 6) is 0.174. The van der Waals surface area contributed by atoms with Gasteiger partial charge in [-0.2, -0.15) is 0 Å². The van der Waals surface area contributed by atoms with E-state index in [1.165, 1.54) is 5.56 Å². The zero-order chi connectivity index (χ0) is 15.5. The van der Waals surface area contributed by atoms with Gasteiger partial charge >= 0.3 is 0 Å². The number of benzene rings is 1. The van der Waals surface area contributed by atoms with Gasteiger partial charge in [0.1, 0.15) is 0 Å². The highest BCUT2D eigenvalue weighted by Crippen LogP contribution is 2.28. The summed E-state index contributed by atoms with van der Waals surface area (Å²) in [6.07, 6.45) is 1.19. The van der Waals surface area contributed by atoms with Gasteiger partial charge in [0.15, 0.2) is 0 Å². The summed E-state index contributed by atoms with van der Waals surface area (Å²) in [6, 6.07) is 10.3. The van der Waals surface area contributed by atoms with Crippen molar-refractivity contribution in [3.8, 4) is 0 Å². The molecule has 0 bridgehead atoms. The Hall–Kier alpha value is -1.19. The maximum Gasteiger partial charge on any atom is 0.0954 e. The number of thiazole rings is 1. The number of aliphatic hydroxyl groups is 1. The molecule has 0 radical (unpaired) electrons. The normalized spacial score (nSPS) is 14.9. The van der Waals surface area contributed by atoms with E-state index < -0.39 is 0 Å². The van der Waals surface area contributed by atoms with E-state index in [0.717, 1.165) is 17.1 Å². The summed E-state index contributed by atoms with van der Waals surface area (Å²) >= 11 is 1.66. The molecule has 2 aromatic rings. The third-order valence-electron chi connectivity index (χ3n) is 3.84. The van der Waals surface area contributed by atoms with Crippen molar-refractivity contribution in [3.05, 3.63) is 52.0 Å². The fourth-order valence-corrected chi connectivity index (χ4v) is 3.57. The Kier molecular flexibility index (Phi) is 5.17. The lowest BCUT2D eigenvalue weighted by Crippen LogP contribution is -2.21. The number of rotatable bonds is 5. The first-order valence-corrected chi connectivity index (χ1v) is 8.47. The standard InChI is InChI=1S/C18H25NOS/c1-5-14(13-9-7-6-8-10-13)15(20)11-17-19-16(12-21-17)18(2,3)4/h6-10,12,14-15,20H,5,11H2,1-4H3. The van der Waals surface area contributed by atoms with Gasteiger partial charge in [0, 0.05) is 23.1 Å². The topological polar surface area (TPSA) is 33.1 Å². The predicted molar refractivity (Wildman–Crippen MR) is 90.0 cm³/mol. The van der Waals surface area contributed by atoms with E-state index >= 15 is 0 Å². The second-order valence-corrected chi connectivity index (χ2v) is 7.52. The molecule has 0 amide bonds. The van der Waals surface area contributed by atoms with Gasteiger partial charge in [-0.05, 0) is 12.0 Å². The number of aromatic nitrogens is 1. The molecule has 0 aliphatic heterocycles. The fourth-order valence-electron chi connectivity index (χ4n) is 2.50. The molecule has 1 N–H and O–H groups in total. The molecule has 21 heavy (non-hydrogen) atoms. The quantitative estimate of drug-likeness (QED) is 0.880. The van der Waals surface area contributed by atoms with Gasteiger partial charge in [0.25, 0.3) is 0 Å². The van der Waals surface area contributed by atoms with Crippen LogP contribution in [0.15, 0.2) is 35.7 Å². The molecule has 114 valence electrons. The molecule has 1 aromatic heterocycles. The van der Waals surface area contributed by atoms with Crippen LogP contribution < -0.4 is 0 Å². The van der Waals surface area contributed by atoms with Crippen LogP contribution in [0.3, 0.4) is 0 Å². The summed E-state index contributed by atoms with van der Waals surface area (Å²) in [4.78, 5) is 4.69. The third kappa shape index (κ3) is 4.14. The molecular weight excluding hydrogens is 278 g/mol. The smallest absolute Gasteiger partial charge is 0.0954 e. The zero-order valence-electron chi connectivity index (χ0n) is 13.3. The number of aliphatic hydroxyl groups excluding tert-OH is 1. The van der Waals surface area contributed by atoms with E-state index in [4.69, 9.17) is 4.98 Å². The lowest BCUT2D eigenvalue weighted by molar-refractivity contribution is 0.140. The van der Waals surface area contributed by atoms with E-state index in [1.54, 1.807) is 11.3 Å². The van der Waals surface area contributed by atoms with Crippen LogP contribution in [0.2, 0.25) is 0 Å². The van der Waals surface area contributed by atoms with Crippen LogP contribution in [0, 0.1) is 0 Å². The second-order valence-electron chi connectivity index (χ2n) is 6.57. The Morgan fingerprint density at radius 3 is 2.38 bits per heavy atom. The number of hydrogen-bond acceptors (Lipinski definition) is 3. The number of hydrogen-bond donors (Lipinski definition) is 1. The van der Waals surface area contributed by atoms with E-state index in [0.29, 0.717) is 6.42 Å². The molecule has 0 aliphatic carbocycles. The van der Waals surface area contributed by atoms with Crippen LogP contribution in [0.1, 0.15) is 56.3 Å². The van der Waals surface area contributed by atoms with Crippen LogP contribution in [0.25, 0.3) is 0 Å². The Balaban J connectivity index is 2.09. The van der Waals surface area contributed by atoms with Gasteiger partial charge in [-0.15, -0.1) is 11.3 Å². The van der Waals surface area contributed by atoms with Crippen molar-refractivity contribution in [1.82, 2.24) is 4.98 Å². The molecule has 2 atom stereocenters. The first kappa shape index (κ1) is 16.2. The fraction of sp³-hybridized carbons (Fsp3) is 0.500. The first-order chi connectivity index (χ1) is 9.91. The van der Waals surface area contributed by atoms with E-state index in [2.05, 4.69) is 45.2 Å². The third-order valence-corrected chi connectivity index (χ3v) is 4.71. The first-order valence-electron chi connectivity index (χ1n) is 7.59. The predicted octanol–water partition coefficient (Wildman–Crippen LogP) is 4.54. The molecule has 1 heterocycles. The van der Waals surface area contributed by atoms with E-state index in [9.17, 15) is 5.11 Å². The van der Waals surface area contributed by atoms with Gasteiger partial charge in [-0.1, -0.05) is 58.0 Å². The van der Waals surface area contributed by atoms with Crippen LogP contribution >= 0.6 is 11.3 Å². The van der Waals surface area contributed by atoms with Gasteiger partial charge in [0.2, 0.25) is 0 Å². The molecule has 0 saturated heterocycles. The van der Waals surface area contributed by atoms with Gasteiger partial charge in [0.05, 0.1) is 16.8 Å². The summed E-state index contributed by atoms with van der Waals surface area (Å²) < 4.78 is 0. The molecule has 2 rings (SSSR count). The van der Waals surface area contributed by atoms with Gasteiger partial charge in [-0.3, -0.25) is 0 Å². The van der Waals surface area contributed by atoms with Crippen LogP contribution in [0.4, 0.5) is 0 Å². The minimum absolute atomic E-state index is 0.0727. The molecule has 2 nitrogen and oxygen atoms in total. The van der Waals surface area contributed by atoms with Crippen molar-refractivity contribution in [1.29, 1.82) is 0 Å². The average Bonchev–Trinajstić information content (AvgIpc) is 2.89. The van der Waals surface area contributed by atoms with Crippen molar-refractivity contribution >= 4 is 11.3 Å². The molecule has 0 fully saturated rings. The summed E-state index contributed by atoms with van der Waals surface area (Å²) in [6.45, 7) is 8.63. The van der Waals surface area contributed by atoms with Gasteiger partial charge in [-0.25, -0.2) is 4.98 Å². The minimum Gasteiger partial charge on any atom is -0.392 e. The maximum absolute atomic E-state index is 10.6. The van der Waals surface area contributed by atoms with Crippen molar-refractivity contribution in [2.24, 2.45) is 0 Å². The summed E-state index contributed by atoms with van der Waals surface area (Å²) in [5, 5.41) is 13.7. The monoisotopic (exact) mass is 303 g/mol. The van der Waals surface area contributed by atoms with Crippen molar-refractivity contribution < 1.29 is 5.11 Å². The lowest BCUT2D eigenvalue weighted by Gasteiger charge is -2.21. The van der Waals surface area contributed by atoms with Crippen LogP contribution in [-0.4, -0.2) is 16.2 Å². The lowest BCUT2D eigenvalue weighted by atomic mass is 9.89.